The number of carbonyl (C=O) groups is 1. The van der Waals surface area contributed by atoms with Crippen molar-refractivity contribution in [1.29, 1.82) is 0 Å². The van der Waals surface area contributed by atoms with Crippen LogP contribution in [0.15, 0.2) is 24.3 Å². The van der Waals surface area contributed by atoms with E-state index in [1.807, 2.05) is 12.1 Å². The summed E-state index contributed by atoms with van der Waals surface area (Å²) in [6, 6.07) is 7.99. The van der Waals surface area contributed by atoms with Gasteiger partial charge < -0.3 is 4.74 Å². The molecule has 1 aromatic carbocycles. The van der Waals surface area contributed by atoms with Crippen LogP contribution in [-0.2, 0) is 11.2 Å². The Kier molecular flexibility index (Phi) is 8.43. The Morgan fingerprint density at radius 1 is 0.893 bits per heavy atom. The van der Waals surface area contributed by atoms with Gasteiger partial charge in [0.25, 0.3) is 0 Å². The topological polar surface area (TPSA) is 26.3 Å². The SMILES string of the molecule is CCCCCCCC1CCC2CC(C(=O)Oc3ccc(CC)cc3)CCC2C1. The van der Waals surface area contributed by atoms with Gasteiger partial charge in [0.05, 0.1) is 5.92 Å². The maximum absolute atomic E-state index is 12.7. The van der Waals surface area contributed by atoms with Crippen LogP contribution in [0.25, 0.3) is 0 Å². The highest BCUT2D eigenvalue weighted by atomic mass is 16.5. The highest BCUT2D eigenvalue weighted by Gasteiger charge is 2.38. The average molecular weight is 385 g/mol. The van der Waals surface area contributed by atoms with E-state index in [4.69, 9.17) is 4.74 Å². The zero-order chi connectivity index (χ0) is 19.8. The van der Waals surface area contributed by atoms with Crippen molar-refractivity contribution in [3.05, 3.63) is 29.8 Å². The molecule has 0 aromatic heterocycles. The van der Waals surface area contributed by atoms with Crippen molar-refractivity contribution in [2.45, 2.75) is 97.3 Å². The molecule has 4 atom stereocenters. The zero-order valence-corrected chi connectivity index (χ0v) is 18.1. The minimum Gasteiger partial charge on any atom is -0.426 e. The van der Waals surface area contributed by atoms with Gasteiger partial charge in [-0.25, -0.2) is 0 Å². The molecule has 28 heavy (non-hydrogen) atoms. The van der Waals surface area contributed by atoms with Crippen LogP contribution in [0, 0.1) is 23.7 Å². The fourth-order valence-corrected chi connectivity index (χ4v) is 5.49. The summed E-state index contributed by atoms with van der Waals surface area (Å²) in [7, 11) is 0. The van der Waals surface area contributed by atoms with E-state index < -0.39 is 0 Å². The first kappa shape index (κ1) is 21.4. The Hall–Kier alpha value is -1.31. The van der Waals surface area contributed by atoms with E-state index >= 15 is 0 Å². The number of carbonyl (C=O) groups excluding carboxylic acids is 1. The Balaban J connectivity index is 1.41. The fourth-order valence-electron chi connectivity index (χ4n) is 5.49. The fraction of sp³-hybridized carbons (Fsp3) is 0.731. The van der Waals surface area contributed by atoms with E-state index in [-0.39, 0.29) is 11.9 Å². The number of hydrogen-bond acceptors (Lipinski definition) is 2. The number of hydrogen-bond donors (Lipinski definition) is 0. The molecule has 0 N–H and O–H groups in total. The summed E-state index contributed by atoms with van der Waals surface area (Å²) in [5, 5.41) is 0. The number of aryl methyl sites for hydroxylation is 1. The lowest BCUT2D eigenvalue weighted by molar-refractivity contribution is -0.141. The summed E-state index contributed by atoms with van der Waals surface area (Å²) in [5.74, 6) is 3.38. The van der Waals surface area contributed by atoms with E-state index in [1.165, 1.54) is 69.8 Å². The van der Waals surface area contributed by atoms with Gasteiger partial charge in [0.1, 0.15) is 5.75 Å². The molecule has 2 saturated carbocycles. The van der Waals surface area contributed by atoms with Crippen LogP contribution in [0.3, 0.4) is 0 Å². The first-order chi connectivity index (χ1) is 13.7. The molecule has 2 nitrogen and oxygen atoms in total. The Morgan fingerprint density at radius 3 is 2.36 bits per heavy atom. The minimum atomic E-state index is 0.000691. The van der Waals surface area contributed by atoms with Gasteiger partial charge in [0.2, 0.25) is 0 Å². The molecule has 2 fully saturated rings. The van der Waals surface area contributed by atoms with E-state index in [0.29, 0.717) is 5.75 Å². The number of rotatable bonds is 9. The molecule has 0 aliphatic heterocycles. The molecule has 0 saturated heterocycles. The Labute approximate surface area is 172 Å². The van der Waals surface area contributed by atoms with E-state index in [9.17, 15) is 4.79 Å². The van der Waals surface area contributed by atoms with Crippen LogP contribution in [0.5, 0.6) is 5.75 Å². The van der Waals surface area contributed by atoms with Crippen LogP contribution in [0.2, 0.25) is 0 Å². The van der Waals surface area contributed by atoms with Crippen molar-refractivity contribution in [2.24, 2.45) is 23.7 Å². The molecule has 0 amide bonds. The number of esters is 1. The number of benzene rings is 1. The average Bonchev–Trinajstić information content (AvgIpc) is 2.73. The van der Waals surface area contributed by atoms with Crippen molar-refractivity contribution in [3.63, 3.8) is 0 Å². The first-order valence-electron chi connectivity index (χ1n) is 12.0. The van der Waals surface area contributed by atoms with Gasteiger partial charge in [-0.3, -0.25) is 4.79 Å². The van der Waals surface area contributed by atoms with Crippen molar-refractivity contribution >= 4 is 5.97 Å². The third-order valence-electron chi connectivity index (χ3n) is 7.32. The number of ether oxygens (including phenoxy) is 1. The van der Waals surface area contributed by atoms with Gasteiger partial charge in [-0.05, 0) is 74.0 Å². The van der Waals surface area contributed by atoms with Crippen LogP contribution >= 0.6 is 0 Å². The monoisotopic (exact) mass is 384 g/mol. The third kappa shape index (κ3) is 6.09. The zero-order valence-electron chi connectivity index (χ0n) is 18.1. The van der Waals surface area contributed by atoms with Crippen LogP contribution in [0.4, 0.5) is 0 Å². The molecule has 4 unspecified atom stereocenters. The standard InChI is InChI=1S/C26H40O2/c1-3-5-6-7-8-9-21-10-13-23-19-24(15-14-22(23)18-21)26(27)28-25-16-11-20(4-2)12-17-25/h11-12,16-17,21-24H,3-10,13-15,18-19H2,1-2H3. The second-order valence-corrected chi connectivity index (χ2v) is 9.33. The predicted octanol–water partition coefficient (Wildman–Crippen LogP) is 7.35. The van der Waals surface area contributed by atoms with E-state index in [1.54, 1.807) is 0 Å². The summed E-state index contributed by atoms with van der Waals surface area (Å²) in [6.07, 6.45) is 16.9. The predicted molar refractivity (Wildman–Crippen MR) is 116 cm³/mol. The van der Waals surface area contributed by atoms with Crippen LogP contribution in [0.1, 0.15) is 96.5 Å². The lowest BCUT2D eigenvalue weighted by Gasteiger charge is -2.41. The van der Waals surface area contributed by atoms with Crippen LogP contribution < -0.4 is 4.74 Å². The highest BCUT2D eigenvalue weighted by molar-refractivity contribution is 5.75. The minimum absolute atomic E-state index is 0.000691. The van der Waals surface area contributed by atoms with Crippen molar-refractivity contribution in [2.75, 3.05) is 0 Å². The molecule has 1 aromatic rings. The highest BCUT2D eigenvalue weighted by Crippen LogP contribution is 2.46. The largest absolute Gasteiger partial charge is 0.426 e. The lowest BCUT2D eigenvalue weighted by Crippen LogP contribution is -2.35. The molecule has 2 aliphatic rings. The van der Waals surface area contributed by atoms with Gasteiger partial charge in [-0.2, -0.15) is 0 Å². The third-order valence-corrected chi connectivity index (χ3v) is 7.32. The Bertz CT molecular complexity index is 591. The molecule has 0 radical (unpaired) electrons. The van der Waals surface area contributed by atoms with E-state index in [2.05, 4.69) is 26.0 Å². The quantitative estimate of drug-likeness (QED) is 0.253. The van der Waals surface area contributed by atoms with Crippen molar-refractivity contribution in [3.8, 4) is 5.75 Å². The summed E-state index contributed by atoms with van der Waals surface area (Å²) in [6.45, 7) is 4.43. The van der Waals surface area contributed by atoms with Gasteiger partial charge in [0.15, 0.2) is 0 Å². The summed E-state index contributed by atoms with van der Waals surface area (Å²) in [5.41, 5.74) is 1.28. The normalized spacial score (nSPS) is 27.2. The molecule has 0 heterocycles. The summed E-state index contributed by atoms with van der Waals surface area (Å²) in [4.78, 5) is 12.7. The maximum atomic E-state index is 12.7. The molecule has 156 valence electrons. The summed E-state index contributed by atoms with van der Waals surface area (Å²) < 4.78 is 5.70. The van der Waals surface area contributed by atoms with Gasteiger partial charge in [-0.15, -0.1) is 0 Å². The molecular weight excluding hydrogens is 344 g/mol. The molecule has 3 rings (SSSR count). The molecule has 0 spiro atoms. The lowest BCUT2D eigenvalue weighted by atomic mass is 9.64. The number of fused-ring (bicyclic) bond motifs is 1. The van der Waals surface area contributed by atoms with Crippen molar-refractivity contribution < 1.29 is 9.53 Å². The first-order valence-corrected chi connectivity index (χ1v) is 12.0. The second-order valence-electron chi connectivity index (χ2n) is 9.33. The number of unbranched alkanes of at least 4 members (excludes halogenated alkanes) is 4. The molecular formula is C26H40O2. The Morgan fingerprint density at radius 2 is 1.61 bits per heavy atom. The van der Waals surface area contributed by atoms with Gasteiger partial charge in [-0.1, -0.05) is 70.9 Å². The van der Waals surface area contributed by atoms with Crippen LogP contribution in [-0.4, -0.2) is 5.97 Å². The smallest absolute Gasteiger partial charge is 0.314 e. The molecule has 2 aliphatic carbocycles. The van der Waals surface area contributed by atoms with Gasteiger partial charge >= 0.3 is 5.97 Å². The summed E-state index contributed by atoms with van der Waals surface area (Å²) >= 11 is 0. The second kappa shape index (κ2) is 11.0. The maximum Gasteiger partial charge on any atom is 0.314 e. The van der Waals surface area contributed by atoms with Gasteiger partial charge in [0, 0.05) is 0 Å². The van der Waals surface area contributed by atoms with E-state index in [0.717, 1.165) is 37.0 Å². The van der Waals surface area contributed by atoms with Crippen molar-refractivity contribution in [1.82, 2.24) is 0 Å². The molecule has 2 heteroatoms. The molecule has 0 bridgehead atoms.